The van der Waals surface area contributed by atoms with E-state index in [0.717, 1.165) is 5.56 Å². The summed E-state index contributed by atoms with van der Waals surface area (Å²) in [6.45, 7) is 0. The van der Waals surface area contributed by atoms with Crippen LogP contribution in [0.5, 0.6) is 5.75 Å². The van der Waals surface area contributed by atoms with E-state index in [9.17, 15) is 0 Å². The van der Waals surface area contributed by atoms with E-state index in [0.29, 0.717) is 22.2 Å². The van der Waals surface area contributed by atoms with Crippen LogP contribution in [0, 0.1) is 0 Å². The van der Waals surface area contributed by atoms with Gasteiger partial charge in [0.2, 0.25) is 0 Å². The second kappa shape index (κ2) is 4.68. The summed E-state index contributed by atoms with van der Waals surface area (Å²) in [6, 6.07) is 7.40. The Kier molecular flexibility index (Phi) is 3.00. The van der Waals surface area contributed by atoms with Crippen LogP contribution in [0.2, 0.25) is 10.3 Å². The average Bonchev–Trinajstić information content (AvgIpc) is 2.87. The number of aromatic nitrogens is 4. The number of hydrogen-bond acceptors (Lipinski definition) is 4. The molecule has 19 heavy (non-hydrogen) atoms. The third-order valence-electron chi connectivity index (χ3n) is 2.68. The van der Waals surface area contributed by atoms with Gasteiger partial charge in [0, 0.05) is 0 Å². The van der Waals surface area contributed by atoms with E-state index in [1.54, 1.807) is 7.11 Å². The molecule has 0 saturated carbocycles. The van der Waals surface area contributed by atoms with Crippen molar-refractivity contribution >= 4 is 29.0 Å². The minimum Gasteiger partial charge on any atom is -0.497 e. The Balaban J connectivity index is 2.28. The quantitative estimate of drug-likeness (QED) is 0.682. The highest BCUT2D eigenvalue weighted by Crippen LogP contribution is 2.34. The molecule has 0 radical (unpaired) electrons. The molecule has 3 rings (SSSR count). The Bertz CT molecular complexity index is 757. The Morgan fingerprint density at radius 3 is 2.89 bits per heavy atom. The van der Waals surface area contributed by atoms with Gasteiger partial charge >= 0.3 is 0 Å². The van der Waals surface area contributed by atoms with Crippen LogP contribution in [0.15, 0.2) is 30.6 Å². The van der Waals surface area contributed by atoms with E-state index >= 15 is 0 Å². The van der Waals surface area contributed by atoms with Crippen LogP contribution >= 0.6 is 23.2 Å². The smallest absolute Gasteiger partial charge is 0.255 e. The van der Waals surface area contributed by atoms with Crippen molar-refractivity contribution in [3.63, 3.8) is 0 Å². The highest BCUT2D eigenvalue weighted by molar-refractivity contribution is 6.38. The summed E-state index contributed by atoms with van der Waals surface area (Å²) in [7, 11) is 1.60. The summed E-state index contributed by atoms with van der Waals surface area (Å²) in [6.07, 6.45) is 1.37. The Labute approximate surface area is 118 Å². The number of halogens is 2. The number of hydrogen-bond donors (Lipinski definition) is 0. The molecule has 7 heteroatoms. The van der Waals surface area contributed by atoms with Crippen LogP contribution in [0.1, 0.15) is 0 Å². The molecule has 0 bridgehead atoms. The lowest BCUT2D eigenvalue weighted by molar-refractivity contribution is 0.415. The fraction of sp³-hybridized carbons (Fsp3) is 0.0833. The summed E-state index contributed by atoms with van der Waals surface area (Å²) < 4.78 is 6.62. The maximum absolute atomic E-state index is 6.31. The maximum Gasteiger partial charge on any atom is 0.255 e. The molecular formula is C12H8Cl2N4O. The van der Waals surface area contributed by atoms with Gasteiger partial charge in [-0.15, -0.1) is 0 Å². The van der Waals surface area contributed by atoms with Crippen LogP contribution in [-0.4, -0.2) is 26.7 Å². The van der Waals surface area contributed by atoms with E-state index in [1.165, 1.54) is 10.8 Å². The third kappa shape index (κ3) is 2.01. The van der Waals surface area contributed by atoms with E-state index in [-0.39, 0.29) is 5.15 Å². The van der Waals surface area contributed by atoms with Gasteiger partial charge in [-0.1, -0.05) is 35.3 Å². The highest BCUT2D eigenvalue weighted by atomic mass is 35.5. The monoisotopic (exact) mass is 294 g/mol. The van der Waals surface area contributed by atoms with Gasteiger partial charge in [-0.05, 0) is 17.7 Å². The largest absolute Gasteiger partial charge is 0.497 e. The van der Waals surface area contributed by atoms with Crippen molar-refractivity contribution in [1.29, 1.82) is 0 Å². The number of nitrogens with zero attached hydrogens (tertiary/aromatic N) is 4. The minimum absolute atomic E-state index is 0.277. The zero-order chi connectivity index (χ0) is 13.4. The molecule has 5 nitrogen and oxygen atoms in total. The fourth-order valence-corrected chi connectivity index (χ4v) is 2.44. The first kappa shape index (κ1) is 12.2. The maximum atomic E-state index is 6.31. The number of benzene rings is 1. The first-order valence-electron chi connectivity index (χ1n) is 5.40. The number of fused-ring (bicyclic) bond motifs is 1. The predicted octanol–water partition coefficient (Wildman–Crippen LogP) is 3.11. The molecule has 0 aliphatic heterocycles. The summed E-state index contributed by atoms with van der Waals surface area (Å²) in [5, 5.41) is 4.65. The average molecular weight is 295 g/mol. The van der Waals surface area contributed by atoms with Crippen LogP contribution in [-0.2, 0) is 0 Å². The van der Waals surface area contributed by atoms with Gasteiger partial charge in [0.1, 0.15) is 22.4 Å². The van der Waals surface area contributed by atoms with Gasteiger partial charge in [-0.2, -0.15) is 19.6 Å². The van der Waals surface area contributed by atoms with E-state index in [2.05, 4.69) is 15.1 Å². The summed E-state index contributed by atoms with van der Waals surface area (Å²) in [5.41, 5.74) is 1.40. The van der Waals surface area contributed by atoms with Crippen molar-refractivity contribution in [2.24, 2.45) is 0 Å². The summed E-state index contributed by atoms with van der Waals surface area (Å²) in [4.78, 5) is 8.11. The zero-order valence-corrected chi connectivity index (χ0v) is 11.4. The van der Waals surface area contributed by atoms with Gasteiger partial charge in [0.25, 0.3) is 5.78 Å². The number of ether oxygens (including phenoxy) is 1. The molecule has 0 aliphatic carbocycles. The molecule has 1 aromatic carbocycles. The molecule has 2 heterocycles. The van der Waals surface area contributed by atoms with Crippen molar-refractivity contribution in [3.8, 4) is 16.9 Å². The molecular weight excluding hydrogens is 287 g/mol. The molecule has 0 atom stereocenters. The molecule has 0 unspecified atom stereocenters. The lowest BCUT2D eigenvalue weighted by atomic mass is 10.1. The Morgan fingerprint density at radius 2 is 2.11 bits per heavy atom. The van der Waals surface area contributed by atoms with Crippen molar-refractivity contribution in [1.82, 2.24) is 19.6 Å². The second-order valence-corrected chi connectivity index (χ2v) is 4.49. The van der Waals surface area contributed by atoms with Gasteiger partial charge in [-0.25, -0.2) is 0 Å². The standard InChI is InChI=1S/C12H8Cl2N4O/c1-19-8-4-2-3-7(5-8)9-10(13)17-12-15-6-16-18(12)11(9)14/h2-6H,1H3. The molecule has 0 spiro atoms. The molecule has 0 aliphatic rings. The minimum atomic E-state index is 0.277. The first-order valence-corrected chi connectivity index (χ1v) is 6.15. The molecule has 96 valence electrons. The van der Waals surface area contributed by atoms with Crippen LogP contribution in [0.3, 0.4) is 0 Å². The van der Waals surface area contributed by atoms with Crippen LogP contribution < -0.4 is 4.74 Å². The second-order valence-electron chi connectivity index (χ2n) is 3.77. The first-order chi connectivity index (χ1) is 9.20. The fourth-order valence-electron chi connectivity index (χ4n) is 1.80. The summed E-state index contributed by atoms with van der Waals surface area (Å²) in [5.74, 6) is 1.07. The van der Waals surface area contributed by atoms with E-state index < -0.39 is 0 Å². The molecule has 0 fully saturated rings. The lowest BCUT2D eigenvalue weighted by Gasteiger charge is -2.09. The molecule has 0 N–H and O–H groups in total. The van der Waals surface area contributed by atoms with Crippen molar-refractivity contribution in [3.05, 3.63) is 40.9 Å². The van der Waals surface area contributed by atoms with Gasteiger partial charge < -0.3 is 4.74 Å². The van der Waals surface area contributed by atoms with Crippen molar-refractivity contribution < 1.29 is 4.74 Å². The lowest BCUT2D eigenvalue weighted by Crippen LogP contribution is -1.97. The highest BCUT2D eigenvalue weighted by Gasteiger charge is 2.16. The van der Waals surface area contributed by atoms with Crippen LogP contribution in [0.25, 0.3) is 16.9 Å². The van der Waals surface area contributed by atoms with Gasteiger partial charge in [0.05, 0.1) is 12.7 Å². The number of methoxy groups -OCH3 is 1. The topological polar surface area (TPSA) is 52.3 Å². The van der Waals surface area contributed by atoms with Crippen LogP contribution in [0.4, 0.5) is 0 Å². The van der Waals surface area contributed by atoms with Crippen molar-refractivity contribution in [2.75, 3.05) is 7.11 Å². The third-order valence-corrected chi connectivity index (χ3v) is 3.31. The molecule has 0 saturated heterocycles. The summed E-state index contributed by atoms with van der Waals surface area (Å²) >= 11 is 12.5. The van der Waals surface area contributed by atoms with Gasteiger partial charge in [-0.3, -0.25) is 0 Å². The molecule has 3 aromatic rings. The zero-order valence-electron chi connectivity index (χ0n) is 9.84. The molecule has 0 amide bonds. The predicted molar refractivity (Wildman–Crippen MR) is 72.8 cm³/mol. The Morgan fingerprint density at radius 1 is 1.26 bits per heavy atom. The van der Waals surface area contributed by atoms with Gasteiger partial charge in [0.15, 0.2) is 0 Å². The van der Waals surface area contributed by atoms with E-state index in [4.69, 9.17) is 27.9 Å². The Hall–Kier alpha value is -1.85. The SMILES string of the molecule is COc1cccc(-c2c(Cl)nc3ncnn3c2Cl)c1. The normalized spacial score (nSPS) is 10.9. The van der Waals surface area contributed by atoms with Crippen molar-refractivity contribution in [2.45, 2.75) is 0 Å². The van der Waals surface area contributed by atoms with E-state index in [1.807, 2.05) is 24.3 Å². The molecule has 2 aromatic heterocycles. The number of rotatable bonds is 2.